The van der Waals surface area contributed by atoms with Crippen LogP contribution in [0.25, 0.3) is 0 Å². The number of thioether (sulfide) groups is 1. The standard InChI is InChI=1S/C21H21FN2O2S/c1-14-19(15(2)26-23-14)13-27-20-7-5-4-6-18(20)21(25)24(3)12-16-8-10-17(22)11-9-16/h4-11H,12-13H2,1-3H3. The van der Waals surface area contributed by atoms with Gasteiger partial charge < -0.3 is 9.42 Å². The molecule has 2 aromatic carbocycles. The highest BCUT2D eigenvalue weighted by Gasteiger charge is 2.17. The van der Waals surface area contributed by atoms with Gasteiger partial charge in [-0.25, -0.2) is 4.39 Å². The number of hydrogen-bond donors (Lipinski definition) is 0. The summed E-state index contributed by atoms with van der Waals surface area (Å²) >= 11 is 1.59. The zero-order valence-corrected chi connectivity index (χ0v) is 16.3. The van der Waals surface area contributed by atoms with E-state index in [0.717, 1.165) is 27.5 Å². The SMILES string of the molecule is Cc1noc(C)c1CSc1ccccc1C(=O)N(C)Cc1ccc(F)cc1. The number of hydrogen-bond acceptors (Lipinski definition) is 4. The molecule has 0 spiro atoms. The van der Waals surface area contributed by atoms with E-state index in [1.165, 1.54) is 12.1 Å². The molecule has 0 N–H and O–H groups in total. The number of carbonyl (C=O) groups is 1. The summed E-state index contributed by atoms with van der Waals surface area (Å²) in [6, 6.07) is 13.8. The van der Waals surface area contributed by atoms with Crippen LogP contribution in [0.5, 0.6) is 0 Å². The van der Waals surface area contributed by atoms with Crippen molar-refractivity contribution in [1.82, 2.24) is 10.1 Å². The van der Waals surface area contributed by atoms with E-state index in [-0.39, 0.29) is 11.7 Å². The average molecular weight is 384 g/mol. The van der Waals surface area contributed by atoms with Crippen molar-refractivity contribution in [2.45, 2.75) is 31.0 Å². The Morgan fingerprint density at radius 3 is 2.52 bits per heavy atom. The Morgan fingerprint density at radius 1 is 1.15 bits per heavy atom. The van der Waals surface area contributed by atoms with Crippen LogP contribution in [0.4, 0.5) is 4.39 Å². The van der Waals surface area contributed by atoms with Gasteiger partial charge in [0.1, 0.15) is 11.6 Å². The Balaban J connectivity index is 1.74. The lowest BCUT2D eigenvalue weighted by Crippen LogP contribution is -2.26. The fourth-order valence-corrected chi connectivity index (χ4v) is 3.97. The number of benzene rings is 2. The van der Waals surface area contributed by atoms with Gasteiger partial charge in [-0.1, -0.05) is 29.4 Å². The number of aryl methyl sites for hydroxylation is 2. The normalized spacial score (nSPS) is 10.8. The molecule has 0 fully saturated rings. The molecule has 0 unspecified atom stereocenters. The molecule has 4 nitrogen and oxygen atoms in total. The van der Waals surface area contributed by atoms with Crippen molar-refractivity contribution in [3.63, 3.8) is 0 Å². The highest BCUT2D eigenvalue weighted by Crippen LogP contribution is 2.29. The Morgan fingerprint density at radius 2 is 1.85 bits per heavy atom. The molecular formula is C21H21FN2O2S. The third kappa shape index (κ3) is 4.57. The van der Waals surface area contributed by atoms with Gasteiger partial charge >= 0.3 is 0 Å². The molecule has 27 heavy (non-hydrogen) atoms. The van der Waals surface area contributed by atoms with Crippen LogP contribution in [0.1, 0.15) is 32.9 Å². The van der Waals surface area contributed by atoms with Gasteiger partial charge in [0, 0.05) is 29.8 Å². The first-order valence-electron chi connectivity index (χ1n) is 8.59. The third-order valence-corrected chi connectivity index (χ3v) is 5.45. The van der Waals surface area contributed by atoms with E-state index in [9.17, 15) is 9.18 Å². The van der Waals surface area contributed by atoms with Crippen LogP contribution >= 0.6 is 11.8 Å². The van der Waals surface area contributed by atoms with Crippen LogP contribution < -0.4 is 0 Å². The minimum atomic E-state index is -0.284. The van der Waals surface area contributed by atoms with Crippen molar-refractivity contribution < 1.29 is 13.7 Å². The molecule has 1 aromatic heterocycles. The predicted molar refractivity (Wildman–Crippen MR) is 104 cm³/mol. The summed E-state index contributed by atoms with van der Waals surface area (Å²) in [5.74, 6) is 1.14. The Kier molecular flexibility index (Phi) is 5.96. The Bertz CT molecular complexity index is 918. The van der Waals surface area contributed by atoms with Gasteiger partial charge in [-0.15, -0.1) is 11.8 Å². The summed E-state index contributed by atoms with van der Waals surface area (Å²) in [5, 5.41) is 3.98. The fraction of sp³-hybridized carbons (Fsp3) is 0.238. The Labute approximate surface area is 162 Å². The summed E-state index contributed by atoms with van der Waals surface area (Å²) in [6.45, 7) is 4.23. The van der Waals surface area contributed by atoms with Crippen molar-refractivity contribution in [3.05, 3.63) is 82.5 Å². The quantitative estimate of drug-likeness (QED) is 0.562. The van der Waals surface area contributed by atoms with E-state index in [4.69, 9.17) is 4.52 Å². The molecular weight excluding hydrogens is 363 g/mol. The summed E-state index contributed by atoms with van der Waals surface area (Å²) in [6.07, 6.45) is 0. The summed E-state index contributed by atoms with van der Waals surface area (Å²) in [7, 11) is 1.75. The van der Waals surface area contributed by atoms with Gasteiger partial charge in [0.15, 0.2) is 0 Å². The molecule has 3 rings (SSSR count). The molecule has 140 valence electrons. The van der Waals surface area contributed by atoms with E-state index in [1.54, 1.807) is 35.8 Å². The molecule has 0 atom stereocenters. The van der Waals surface area contributed by atoms with Crippen LogP contribution in [-0.2, 0) is 12.3 Å². The molecule has 0 saturated heterocycles. The lowest BCUT2D eigenvalue weighted by molar-refractivity contribution is 0.0781. The van der Waals surface area contributed by atoms with Crippen LogP contribution in [0, 0.1) is 19.7 Å². The van der Waals surface area contributed by atoms with Crippen LogP contribution in [0.2, 0.25) is 0 Å². The molecule has 0 aliphatic heterocycles. The van der Waals surface area contributed by atoms with Crippen molar-refractivity contribution in [3.8, 4) is 0 Å². The van der Waals surface area contributed by atoms with Gasteiger partial charge in [0.2, 0.25) is 0 Å². The molecule has 0 radical (unpaired) electrons. The fourth-order valence-electron chi connectivity index (χ4n) is 2.77. The zero-order valence-electron chi connectivity index (χ0n) is 15.5. The van der Waals surface area contributed by atoms with Gasteiger partial charge in [-0.2, -0.15) is 0 Å². The molecule has 1 heterocycles. The number of amides is 1. The average Bonchev–Trinajstić information content (AvgIpc) is 2.99. The molecule has 6 heteroatoms. The summed E-state index contributed by atoms with van der Waals surface area (Å²) < 4.78 is 18.3. The van der Waals surface area contributed by atoms with Crippen molar-refractivity contribution in [1.29, 1.82) is 0 Å². The first kappa shape index (κ1) is 19.2. The topological polar surface area (TPSA) is 46.3 Å². The summed E-state index contributed by atoms with van der Waals surface area (Å²) in [4.78, 5) is 15.5. The number of halogens is 1. The van der Waals surface area contributed by atoms with Crippen LogP contribution in [0.15, 0.2) is 57.9 Å². The maximum Gasteiger partial charge on any atom is 0.255 e. The highest BCUT2D eigenvalue weighted by molar-refractivity contribution is 7.98. The number of aromatic nitrogens is 1. The van der Waals surface area contributed by atoms with E-state index in [1.807, 2.05) is 38.1 Å². The zero-order chi connectivity index (χ0) is 19.4. The molecule has 0 bridgehead atoms. The second-order valence-electron chi connectivity index (χ2n) is 6.38. The van der Waals surface area contributed by atoms with Gasteiger partial charge in [0.05, 0.1) is 11.3 Å². The van der Waals surface area contributed by atoms with Crippen molar-refractivity contribution >= 4 is 17.7 Å². The van der Waals surface area contributed by atoms with Gasteiger partial charge in [0.25, 0.3) is 5.91 Å². The molecule has 3 aromatic rings. The second kappa shape index (κ2) is 8.39. The monoisotopic (exact) mass is 384 g/mol. The lowest BCUT2D eigenvalue weighted by atomic mass is 10.1. The highest BCUT2D eigenvalue weighted by atomic mass is 32.2. The minimum absolute atomic E-state index is 0.0683. The molecule has 0 aliphatic rings. The smallest absolute Gasteiger partial charge is 0.255 e. The van der Waals surface area contributed by atoms with Gasteiger partial charge in [-0.05, 0) is 43.7 Å². The number of rotatable bonds is 6. The maximum absolute atomic E-state index is 13.1. The van der Waals surface area contributed by atoms with Gasteiger partial charge in [-0.3, -0.25) is 4.79 Å². The van der Waals surface area contributed by atoms with E-state index >= 15 is 0 Å². The third-order valence-electron chi connectivity index (χ3n) is 4.35. The molecule has 1 amide bonds. The molecule has 0 aliphatic carbocycles. The van der Waals surface area contributed by atoms with E-state index in [2.05, 4.69) is 5.16 Å². The van der Waals surface area contributed by atoms with Crippen molar-refractivity contribution in [2.24, 2.45) is 0 Å². The number of carbonyl (C=O) groups excluding carboxylic acids is 1. The molecule has 0 saturated carbocycles. The summed E-state index contributed by atoms with van der Waals surface area (Å²) in [5.41, 5.74) is 3.46. The van der Waals surface area contributed by atoms with E-state index < -0.39 is 0 Å². The van der Waals surface area contributed by atoms with E-state index in [0.29, 0.717) is 17.9 Å². The first-order valence-corrected chi connectivity index (χ1v) is 9.57. The largest absolute Gasteiger partial charge is 0.361 e. The maximum atomic E-state index is 13.1. The van der Waals surface area contributed by atoms with Crippen molar-refractivity contribution in [2.75, 3.05) is 7.05 Å². The minimum Gasteiger partial charge on any atom is -0.361 e. The lowest BCUT2D eigenvalue weighted by Gasteiger charge is -2.19. The first-order chi connectivity index (χ1) is 13.0. The second-order valence-corrected chi connectivity index (χ2v) is 7.39. The van der Waals surface area contributed by atoms with Crippen LogP contribution in [-0.4, -0.2) is 23.0 Å². The predicted octanol–water partition coefficient (Wildman–Crippen LogP) is 5.00. The number of nitrogens with zero attached hydrogens (tertiary/aromatic N) is 2. The Hall–Kier alpha value is -2.60. The van der Waals surface area contributed by atoms with Crippen LogP contribution in [0.3, 0.4) is 0 Å².